The molecule has 0 unspecified atom stereocenters. The molecule has 0 aliphatic carbocycles. The fraction of sp³-hybridized carbons (Fsp3) is 0.350. The van der Waals surface area contributed by atoms with Crippen LogP contribution in [0.2, 0.25) is 5.02 Å². The molecule has 1 fully saturated rings. The Morgan fingerprint density at radius 3 is 2.46 bits per heavy atom. The summed E-state index contributed by atoms with van der Waals surface area (Å²) < 4.78 is 10.6. The molecule has 0 atom stereocenters. The van der Waals surface area contributed by atoms with E-state index in [2.05, 4.69) is 11.0 Å². The minimum atomic E-state index is -0.0249. The zero-order chi connectivity index (χ0) is 18.5. The van der Waals surface area contributed by atoms with Crippen LogP contribution in [0.1, 0.15) is 15.9 Å². The van der Waals surface area contributed by atoms with Gasteiger partial charge in [0.2, 0.25) is 0 Å². The summed E-state index contributed by atoms with van der Waals surface area (Å²) in [5, 5.41) is 0.751. The van der Waals surface area contributed by atoms with Gasteiger partial charge >= 0.3 is 0 Å². The molecule has 2 aromatic carbocycles. The number of ether oxygens (including phenoxy) is 2. The minimum Gasteiger partial charge on any atom is -0.497 e. The summed E-state index contributed by atoms with van der Waals surface area (Å²) in [5.41, 5.74) is 1.72. The lowest BCUT2D eigenvalue weighted by Gasteiger charge is -2.35. The average molecular weight is 375 g/mol. The number of carbonyl (C=O) groups is 1. The number of rotatable bonds is 5. The zero-order valence-corrected chi connectivity index (χ0v) is 15.8. The quantitative estimate of drug-likeness (QED) is 0.805. The van der Waals surface area contributed by atoms with Gasteiger partial charge in [0, 0.05) is 37.7 Å². The van der Waals surface area contributed by atoms with Crippen molar-refractivity contribution in [1.82, 2.24) is 9.80 Å². The highest BCUT2D eigenvalue weighted by Gasteiger charge is 2.24. The van der Waals surface area contributed by atoms with Crippen LogP contribution >= 0.6 is 11.6 Å². The van der Waals surface area contributed by atoms with Crippen molar-refractivity contribution in [2.75, 3.05) is 40.4 Å². The summed E-state index contributed by atoms with van der Waals surface area (Å²) in [6.45, 7) is 3.85. The van der Waals surface area contributed by atoms with Crippen LogP contribution in [0.4, 0.5) is 0 Å². The fourth-order valence-corrected chi connectivity index (χ4v) is 3.37. The molecule has 5 nitrogen and oxygen atoms in total. The van der Waals surface area contributed by atoms with Crippen LogP contribution in [0.5, 0.6) is 11.5 Å². The van der Waals surface area contributed by atoms with E-state index < -0.39 is 0 Å². The summed E-state index contributed by atoms with van der Waals surface area (Å²) in [6.07, 6.45) is 0. The van der Waals surface area contributed by atoms with Gasteiger partial charge in [-0.15, -0.1) is 0 Å². The predicted octanol–water partition coefficient (Wildman–Crippen LogP) is 3.32. The van der Waals surface area contributed by atoms with Crippen molar-refractivity contribution in [3.8, 4) is 11.5 Å². The van der Waals surface area contributed by atoms with E-state index in [-0.39, 0.29) is 5.91 Å². The monoisotopic (exact) mass is 374 g/mol. The first kappa shape index (κ1) is 18.5. The van der Waals surface area contributed by atoms with Gasteiger partial charge < -0.3 is 14.4 Å². The Hall–Kier alpha value is -2.24. The summed E-state index contributed by atoms with van der Waals surface area (Å²) >= 11 is 6.05. The van der Waals surface area contributed by atoms with E-state index in [9.17, 15) is 4.79 Å². The highest BCUT2D eigenvalue weighted by molar-refractivity contribution is 6.30. The molecule has 0 bridgehead atoms. The van der Waals surface area contributed by atoms with Crippen molar-refractivity contribution >= 4 is 17.5 Å². The van der Waals surface area contributed by atoms with Crippen LogP contribution < -0.4 is 9.47 Å². The minimum absolute atomic E-state index is 0.0249. The molecule has 1 aliphatic heterocycles. The molecule has 1 aliphatic rings. The molecule has 1 heterocycles. The third kappa shape index (κ3) is 4.29. The first-order valence-corrected chi connectivity index (χ1v) is 8.96. The van der Waals surface area contributed by atoms with Crippen LogP contribution in [0, 0.1) is 0 Å². The third-order valence-electron chi connectivity index (χ3n) is 4.59. The van der Waals surface area contributed by atoms with Gasteiger partial charge in [-0.25, -0.2) is 0 Å². The highest BCUT2D eigenvalue weighted by Crippen LogP contribution is 2.26. The number of nitrogens with zero attached hydrogens (tertiary/aromatic N) is 2. The molecule has 0 radical (unpaired) electrons. The lowest BCUT2D eigenvalue weighted by atomic mass is 10.1. The molecular formula is C20H23ClN2O3. The van der Waals surface area contributed by atoms with Gasteiger partial charge in [0.1, 0.15) is 11.5 Å². The van der Waals surface area contributed by atoms with Crippen molar-refractivity contribution in [2.45, 2.75) is 6.54 Å². The Morgan fingerprint density at radius 1 is 1.04 bits per heavy atom. The van der Waals surface area contributed by atoms with Crippen LogP contribution in [0.15, 0.2) is 42.5 Å². The van der Waals surface area contributed by atoms with Gasteiger partial charge in [0.05, 0.1) is 19.8 Å². The summed E-state index contributed by atoms with van der Waals surface area (Å²) in [4.78, 5) is 17.1. The Bertz CT molecular complexity index is 773. The Kier molecular flexibility index (Phi) is 6.01. The largest absolute Gasteiger partial charge is 0.497 e. The van der Waals surface area contributed by atoms with Gasteiger partial charge in [-0.1, -0.05) is 23.7 Å². The topological polar surface area (TPSA) is 42.0 Å². The smallest absolute Gasteiger partial charge is 0.257 e. The Morgan fingerprint density at radius 2 is 1.81 bits per heavy atom. The lowest BCUT2D eigenvalue weighted by molar-refractivity contribution is 0.0625. The van der Waals surface area contributed by atoms with E-state index in [4.69, 9.17) is 21.1 Å². The van der Waals surface area contributed by atoms with E-state index >= 15 is 0 Å². The highest BCUT2D eigenvalue weighted by atomic mass is 35.5. The van der Waals surface area contributed by atoms with Crippen molar-refractivity contribution < 1.29 is 14.3 Å². The van der Waals surface area contributed by atoms with Gasteiger partial charge in [-0.3, -0.25) is 9.69 Å². The molecule has 0 saturated carbocycles. The SMILES string of the molecule is COc1ccc(OC)c(C(=O)N2CCN(Cc3cccc(Cl)c3)CC2)c1. The second kappa shape index (κ2) is 8.43. The summed E-state index contributed by atoms with van der Waals surface area (Å²) in [6, 6.07) is 13.2. The fourth-order valence-electron chi connectivity index (χ4n) is 3.15. The number of carbonyl (C=O) groups excluding carboxylic acids is 1. The van der Waals surface area contributed by atoms with E-state index in [0.29, 0.717) is 30.2 Å². The number of hydrogen-bond acceptors (Lipinski definition) is 4. The number of piperazine rings is 1. The molecule has 26 heavy (non-hydrogen) atoms. The first-order chi connectivity index (χ1) is 12.6. The molecule has 0 N–H and O–H groups in total. The zero-order valence-electron chi connectivity index (χ0n) is 15.1. The number of benzene rings is 2. The van der Waals surface area contributed by atoms with E-state index in [1.165, 1.54) is 5.56 Å². The lowest BCUT2D eigenvalue weighted by Crippen LogP contribution is -2.48. The molecule has 2 aromatic rings. The van der Waals surface area contributed by atoms with Crippen molar-refractivity contribution in [3.05, 3.63) is 58.6 Å². The molecule has 0 aromatic heterocycles. The molecule has 1 saturated heterocycles. The average Bonchev–Trinajstić information content (AvgIpc) is 2.67. The molecule has 3 rings (SSSR count). The maximum Gasteiger partial charge on any atom is 0.257 e. The maximum atomic E-state index is 12.9. The van der Waals surface area contributed by atoms with Crippen LogP contribution in [-0.2, 0) is 6.54 Å². The van der Waals surface area contributed by atoms with Crippen LogP contribution in [0.25, 0.3) is 0 Å². The van der Waals surface area contributed by atoms with Gasteiger partial charge in [0.15, 0.2) is 0 Å². The van der Waals surface area contributed by atoms with Gasteiger partial charge in [-0.2, -0.15) is 0 Å². The van der Waals surface area contributed by atoms with E-state index in [1.807, 2.05) is 23.1 Å². The molecule has 138 valence electrons. The van der Waals surface area contributed by atoms with Gasteiger partial charge in [0.25, 0.3) is 5.91 Å². The number of amides is 1. The van der Waals surface area contributed by atoms with E-state index in [1.54, 1.807) is 32.4 Å². The maximum absolute atomic E-state index is 12.9. The van der Waals surface area contributed by atoms with Crippen LogP contribution in [-0.4, -0.2) is 56.1 Å². The number of halogens is 1. The van der Waals surface area contributed by atoms with Crippen molar-refractivity contribution in [1.29, 1.82) is 0 Å². The number of methoxy groups -OCH3 is 2. The molecule has 6 heteroatoms. The van der Waals surface area contributed by atoms with Crippen molar-refractivity contribution in [2.24, 2.45) is 0 Å². The predicted molar refractivity (Wildman–Crippen MR) is 102 cm³/mol. The Balaban J connectivity index is 1.63. The Labute approximate surface area is 159 Å². The molecular weight excluding hydrogens is 352 g/mol. The summed E-state index contributed by atoms with van der Waals surface area (Å²) in [7, 11) is 3.16. The van der Waals surface area contributed by atoms with Crippen molar-refractivity contribution in [3.63, 3.8) is 0 Å². The summed E-state index contributed by atoms with van der Waals surface area (Å²) in [5.74, 6) is 1.19. The van der Waals surface area contributed by atoms with Crippen LogP contribution in [0.3, 0.4) is 0 Å². The molecule has 1 amide bonds. The van der Waals surface area contributed by atoms with Gasteiger partial charge in [-0.05, 0) is 35.9 Å². The van der Waals surface area contributed by atoms with E-state index in [0.717, 1.165) is 24.7 Å². The first-order valence-electron chi connectivity index (χ1n) is 8.59. The molecule has 0 spiro atoms. The second-order valence-electron chi connectivity index (χ2n) is 6.26. The normalized spacial score (nSPS) is 15.0. The standard InChI is InChI=1S/C20H23ClN2O3/c1-25-17-6-7-19(26-2)18(13-17)20(24)23-10-8-22(9-11-23)14-15-4-3-5-16(21)12-15/h3-7,12-13H,8-11,14H2,1-2H3. The second-order valence-corrected chi connectivity index (χ2v) is 6.70. The number of hydrogen-bond donors (Lipinski definition) is 0. The third-order valence-corrected chi connectivity index (χ3v) is 4.83.